The van der Waals surface area contributed by atoms with Crippen LogP contribution < -0.4 is 10.6 Å². The van der Waals surface area contributed by atoms with Gasteiger partial charge in [-0.15, -0.1) is 0 Å². The van der Waals surface area contributed by atoms with Crippen molar-refractivity contribution in [2.45, 2.75) is 25.8 Å². The molecule has 18 heavy (non-hydrogen) atoms. The summed E-state index contributed by atoms with van der Waals surface area (Å²) in [6, 6.07) is 4.07. The molecule has 1 fully saturated rings. The molecule has 0 aromatic carbocycles. The fourth-order valence-corrected chi connectivity index (χ4v) is 2.56. The Kier molecular flexibility index (Phi) is 2.83. The monoisotopic (exact) mass is 246 g/mol. The van der Waals surface area contributed by atoms with Gasteiger partial charge in [0.15, 0.2) is 11.6 Å². The molecule has 0 radical (unpaired) electrons. The molecule has 96 valence electrons. The highest BCUT2D eigenvalue weighted by molar-refractivity contribution is 5.65. The van der Waals surface area contributed by atoms with E-state index in [1.165, 1.54) is 0 Å². The summed E-state index contributed by atoms with van der Waals surface area (Å²) in [6.45, 7) is 3.97. The van der Waals surface area contributed by atoms with Gasteiger partial charge in [0.1, 0.15) is 5.69 Å². The molecular formula is C13H18N4O. The predicted molar refractivity (Wildman–Crippen MR) is 70.4 cm³/mol. The van der Waals surface area contributed by atoms with Crippen LogP contribution in [0.3, 0.4) is 0 Å². The molecule has 1 aliphatic heterocycles. The molecule has 0 aliphatic carbocycles. The topological polar surface area (TPSA) is 71.1 Å². The predicted octanol–water partition coefficient (Wildman–Crippen LogP) is 1.91. The first-order chi connectivity index (χ1) is 8.75. The first kappa shape index (κ1) is 11.3. The Hall–Kier alpha value is -1.75. The molecule has 3 rings (SSSR count). The molecule has 1 aliphatic rings. The summed E-state index contributed by atoms with van der Waals surface area (Å²) in [7, 11) is 0. The number of hydrogen-bond acceptors (Lipinski definition) is 4. The number of aromatic nitrogens is 2. The zero-order chi connectivity index (χ0) is 12.5. The fourth-order valence-electron chi connectivity index (χ4n) is 2.56. The molecule has 0 saturated carbocycles. The minimum absolute atomic E-state index is 0.252. The van der Waals surface area contributed by atoms with Gasteiger partial charge in [-0.25, -0.2) is 0 Å². The maximum atomic E-state index is 6.02. The van der Waals surface area contributed by atoms with Gasteiger partial charge in [-0.05, 0) is 31.9 Å². The van der Waals surface area contributed by atoms with Crippen LogP contribution in [-0.2, 0) is 0 Å². The maximum Gasteiger partial charge on any atom is 0.154 e. The highest BCUT2D eigenvalue weighted by atomic mass is 16.3. The van der Waals surface area contributed by atoms with Crippen molar-refractivity contribution in [2.75, 3.05) is 18.0 Å². The van der Waals surface area contributed by atoms with Crippen molar-refractivity contribution in [1.29, 1.82) is 0 Å². The van der Waals surface area contributed by atoms with Gasteiger partial charge in [0, 0.05) is 24.7 Å². The van der Waals surface area contributed by atoms with Crippen molar-refractivity contribution in [1.82, 2.24) is 10.2 Å². The van der Waals surface area contributed by atoms with E-state index in [0.29, 0.717) is 0 Å². The van der Waals surface area contributed by atoms with E-state index in [2.05, 4.69) is 22.0 Å². The molecule has 1 atom stereocenters. The Balaban J connectivity index is 1.90. The van der Waals surface area contributed by atoms with E-state index in [-0.39, 0.29) is 6.04 Å². The molecule has 5 nitrogen and oxygen atoms in total. The van der Waals surface area contributed by atoms with Crippen LogP contribution in [0, 0.1) is 6.92 Å². The highest BCUT2D eigenvalue weighted by Gasteiger charge is 2.22. The normalized spacial score (nSPS) is 20.3. The lowest BCUT2D eigenvalue weighted by Crippen LogP contribution is -2.43. The third-order valence-electron chi connectivity index (χ3n) is 3.51. The molecular weight excluding hydrogens is 228 g/mol. The number of furan rings is 1. The summed E-state index contributed by atoms with van der Waals surface area (Å²) < 4.78 is 5.41. The van der Waals surface area contributed by atoms with Crippen LogP contribution in [0.5, 0.6) is 0 Å². The van der Waals surface area contributed by atoms with Crippen molar-refractivity contribution >= 4 is 5.82 Å². The number of hydrogen-bond donors (Lipinski definition) is 2. The second-order valence-corrected chi connectivity index (χ2v) is 4.87. The summed E-state index contributed by atoms with van der Waals surface area (Å²) in [4.78, 5) is 2.26. The second-order valence-electron chi connectivity index (χ2n) is 4.87. The van der Waals surface area contributed by atoms with Crippen molar-refractivity contribution in [3.63, 3.8) is 0 Å². The van der Waals surface area contributed by atoms with Crippen LogP contribution in [0.25, 0.3) is 11.5 Å². The van der Waals surface area contributed by atoms with E-state index in [9.17, 15) is 0 Å². The Morgan fingerprint density at radius 1 is 1.56 bits per heavy atom. The average molecular weight is 246 g/mol. The lowest BCUT2D eigenvalue weighted by atomic mass is 10.1. The molecule has 1 unspecified atom stereocenters. The standard InChI is InChI=1S/C13H18N4O/c1-9-12(11-5-3-7-18-11)15-16-13(9)17-6-2-4-10(14)8-17/h3,5,7,10H,2,4,6,8,14H2,1H3,(H,15,16). The Morgan fingerprint density at radius 2 is 2.44 bits per heavy atom. The number of nitrogens with one attached hydrogen (secondary N) is 1. The fraction of sp³-hybridized carbons (Fsp3) is 0.462. The number of aromatic amines is 1. The Labute approximate surface area is 106 Å². The number of nitrogens with two attached hydrogens (primary N) is 1. The van der Waals surface area contributed by atoms with E-state index in [4.69, 9.17) is 10.2 Å². The Bertz CT molecular complexity index is 517. The van der Waals surface area contributed by atoms with Crippen LogP contribution in [0.2, 0.25) is 0 Å². The molecule has 2 aromatic heterocycles. The maximum absolute atomic E-state index is 6.02. The summed E-state index contributed by atoms with van der Waals surface area (Å²) in [6.07, 6.45) is 3.90. The summed E-state index contributed by atoms with van der Waals surface area (Å²) in [5.41, 5.74) is 8.09. The van der Waals surface area contributed by atoms with Gasteiger partial charge in [0.05, 0.1) is 6.26 Å². The van der Waals surface area contributed by atoms with E-state index < -0.39 is 0 Å². The highest BCUT2D eigenvalue weighted by Crippen LogP contribution is 2.29. The van der Waals surface area contributed by atoms with Gasteiger partial charge in [-0.1, -0.05) is 0 Å². The van der Waals surface area contributed by atoms with Crippen molar-refractivity contribution in [3.8, 4) is 11.5 Å². The lowest BCUT2D eigenvalue weighted by Gasteiger charge is -2.31. The quantitative estimate of drug-likeness (QED) is 0.849. The van der Waals surface area contributed by atoms with Crippen LogP contribution in [-0.4, -0.2) is 29.3 Å². The van der Waals surface area contributed by atoms with Crippen LogP contribution in [0.1, 0.15) is 18.4 Å². The molecule has 3 N–H and O–H groups in total. The van der Waals surface area contributed by atoms with Gasteiger partial charge in [0.25, 0.3) is 0 Å². The van der Waals surface area contributed by atoms with Gasteiger partial charge >= 0.3 is 0 Å². The zero-order valence-electron chi connectivity index (χ0n) is 10.5. The van der Waals surface area contributed by atoms with Crippen LogP contribution in [0.15, 0.2) is 22.8 Å². The molecule has 0 spiro atoms. The minimum Gasteiger partial charge on any atom is -0.463 e. The molecule has 5 heteroatoms. The first-order valence-corrected chi connectivity index (χ1v) is 6.35. The average Bonchev–Trinajstić information content (AvgIpc) is 2.97. The number of anilines is 1. The second kappa shape index (κ2) is 4.49. The molecule has 2 aromatic rings. The number of H-pyrrole nitrogens is 1. The molecule has 0 amide bonds. The molecule has 3 heterocycles. The van der Waals surface area contributed by atoms with Gasteiger partial charge in [-0.2, -0.15) is 5.10 Å². The van der Waals surface area contributed by atoms with Crippen LogP contribution >= 0.6 is 0 Å². The summed E-state index contributed by atoms with van der Waals surface area (Å²) >= 11 is 0. The van der Waals surface area contributed by atoms with Crippen molar-refractivity contribution in [3.05, 3.63) is 24.0 Å². The van der Waals surface area contributed by atoms with Crippen molar-refractivity contribution < 1.29 is 4.42 Å². The number of rotatable bonds is 2. The third kappa shape index (κ3) is 1.90. The smallest absolute Gasteiger partial charge is 0.154 e. The van der Waals surface area contributed by atoms with Crippen LogP contribution in [0.4, 0.5) is 5.82 Å². The Morgan fingerprint density at radius 3 is 3.17 bits per heavy atom. The largest absolute Gasteiger partial charge is 0.463 e. The van der Waals surface area contributed by atoms with E-state index in [1.807, 2.05) is 12.1 Å². The van der Waals surface area contributed by atoms with E-state index in [1.54, 1.807) is 6.26 Å². The SMILES string of the molecule is Cc1c(N2CCCC(N)C2)n[nH]c1-c1ccco1. The lowest BCUT2D eigenvalue weighted by molar-refractivity contribution is 0.502. The van der Waals surface area contributed by atoms with Crippen molar-refractivity contribution in [2.24, 2.45) is 5.73 Å². The van der Waals surface area contributed by atoms with E-state index in [0.717, 1.165) is 48.8 Å². The molecule has 1 saturated heterocycles. The van der Waals surface area contributed by atoms with Gasteiger partial charge < -0.3 is 15.1 Å². The zero-order valence-corrected chi connectivity index (χ0v) is 10.5. The first-order valence-electron chi connectivity index (χ1n) is 6.35. The van der Waals surface area contributed by atoms with Gasteiger partial charge in [0.2, 0.25) is 0 Å². The summed E-state index contributed by atoms with van der Waals surface area (Å²) in [5.74, 6) is 1.82. The van der Waals surface area contributed by atoms with E-state index >= 15 is 0 Å². The number of nitrogens with zero attached hydrogens (tertiary/aromatic N) is 2. The molecule has 0 bridgehead atoms. The minimum atomic E-state index is 0.252. The summed E-state index contributed by atoms with van der Waals surface area (Å²) in [5, 5.41) is 7.48. The third-order valence-corrected chi connectivity index (χ3v) is 3.51. The number of piperidine rings is 1. The van der Waals surface area contributed by atoms with Gasteiger partial charge in [-0.3, -0.25) is 5.10 Å².